The van der Waals surface area contributed by atoms with Crippen LogP contribution in [0.2, 0.25) is 0 Å². The molecule has 1 N–H and O–H groups in total. The predicted molar refractivity (Wildman–Crippen MR) is 81.8 cm³/mol. The summed E-state index contributed by atoms with van der Waals surface area (Å²) in [6.45, 7) is 7.39. The van der Waals surface area contributed by atoms with Gasteiger partial charge in [0.15, 0.2) is 4.96 Å². The van der Waals surface area contributed by atoms with E-state index in [0.717, 1.165) is 17.2 Å². The molecule has 2 heterocycles. The van der Waals surface area contributed by atoms with Gasteiger partial charge in [-0.05, 0) is 26.5 Å². The summed E-state index contributed by atoms with van der Waals surface area (Å²) in [7, 11) is 0. The topological polar surface area (TPSA) is 29.3 Å². The first-order valence-corrected chi connectivity index (χ1v) is 8.59. The lowest BCUT2D eigenvalue weighted by atomic mass is 10.2. The molecule has 0 bridgehead atoms. The number of thiazole rings is 1. The Morgan fingerprint density at radius 1 is 1.50 bits per heavy atom. The van der Waals surface area contributed by atoms with Gasteiger partial charge in [0.25, 0.3) is 0 Å². The van der Waals surface area contributed by atoms with Crippen LogP contribution in [0.15, 0.2) is 5.38 Å². The maximum atomic E-state index is 4.62. The Morgan fingerprint density at radius 3 is 2.94 bits per heavy atom. The molecule has 0 aromatic carbocycles. The molecule has 3 nitrogen and oxygen atoms in total. The smallest absolute Gasteiger partial charge is 0.194 e. The van der Waals surface area contributed by atoms with Gasteiger partial charge < -0.3 is 5.32 Å². The van der Waals surface area contributed by atoms with E-state index in [-0.39, 0.29) is 0 Å². The van der Waals surface area contributed by atoms with Crippen molar-refractivity contribution in [1.29, 1.82) is 0 Å². The highest BCUT2D eigenvalue weighted by molar-refractivity contribution is 7.98. The van der Waals surface area contributed by atoms with Crippen LogP contribution in [0.4, 0.5) is 0 Å². The average molecular weight is 283 g/mol. The molecule has 1 unspecified atom stereocenters. The normalized spacial score (nSPS) is 13.3. The van der Waals surface area contributed by atoms with Gasteiger partial charge in [0.2, 0.25) is 0 Å². The maximum absolute atomic E-state index is 4.62. The molecule has 0 aliphatic carbocycles. The molecule has 18 heavy (non-hydrogen) atoms. The molecule has 100 valence electrons. The van der Waals surface area contributed by atoms with Crippen molar-refractivity contribution in [2.45, 2.75) is 39.8 Å². The fraction of sp³-hybridized carbons (Fsp3) is 0.615. The van der Waals surface area contributed by atoms with Crippen molar-refractivity contribution < 1.29 is 0 Å². The molecule has 5 heteroatoms. The summed E-state index contributed by atoms with van der Waals surface area (Å²) in [6, 6.07) is 0.587. The van der Waals surface area contributed by atoms with Gasteiger partial charge >= 0.3 is 0 Å². The molecule has 2 aromatic rings. The third-order valence-corrected chi connectivity index (χ3v) is 4.93. The van der Waals surface area contributed by atoms with E-state index in [2.05, 4.69) is 47.1 Å². The van der Waals surface area contributed by atoms with Crippen molar-refractivity contribution in [3.8, 4) is 0 Å². The summed E-state index contributed by atoms with van der Waals surface area (Å²) < 4.78 is 2.28. The summed E-state index contributed by atoms with van der Waals surface area (Å²) in [6.07, 6.45) is 3.33. The number of fused-ring (bicyclic) bond motifs is 1. The van der Waals surface area contributed by atoms with E-state index in [4.69, 9.17) is 0 Å². The van der Waals surface area contributed by atoms with Crippen molar-refractivity contribution in [2.75, 3.05) is 12.0 Å². The van der Waals surface area contributed by atoms with Gasteiger partial charge in [0, 0.05) is 29.4 Å². The second kappa shape index (κ2) is 6.08. The van der Waals surface area contributed by atoms with E-state index in [1.165, 1.54) is 23.6 Å². The first-order chi connectivity index (χ1) is 8.67. The van der Waals surface area contributed by atoms with Gasteiger partial charge in [-0.1, -0.05) is 6.92 Å². The summed E-state index contributed by atoms with van der Waals surface area (Å²) >= 11 is 3.62. The Balaban J connectivity index is 2.15. The minimum Gasteiger partial charge on any atom is -0.308 e. The zero-order valence-electron chi connectivity index (χ0n) is 11.5. The Kier molecular flexibility index (Phi) is 4.70. The van der Waals surface area contributed by atoms with Crippen LogP contribution in [0.1, 0.15) is 30.4 Å². The van der Waals surface area contributed by atoms with Crippen LogP contribution in [-0.4, -0.2) is 27.4 Å². The van der Waals surface area contributed by atoms with Crippen LogP contribution < -0.4 is 5.32 Å². The molecule has 1 atom stereocenters. The SMILES string of the molecule is CCC(CSC)NCc1c(C)nc2scc(C)n12. The minimum atomic E-state index is 0.587. The van der Waals surface area contributed by atoms with Gasteiger partial charge in [0.1, 0.15) is 0 Å². The van der Waals surface area contributed by atoms with Crippen molar-refractivity contribution >= 4 is 28.1 Å². The highest BCUT2D eigenvalue weighted by Crippen LogP contribution is 2.20. The average Bonchev–Trinajstić information content (AvgIpc) is 2.85. The van der Waals surface area contributed by atoms with Crippen molar-refractivity contribution in [3.63, 3.8) is 0 Å². The number of hydrogen-bond donors (Lipinski definition) is 1. The van der Waals surface area contributed by atoms with E-state index in [9.17, 15) is 0 Å². The molecule has 0 saturated heterocycles. The van der Waals surface area contributed by atoms with Crippen LogP contribution in [0, 0.1) is 13.8 Å². The predicted octanol–water partition coefficient (Wildman–Crippen LogP) is 3.24. The molecule has 0 aliphatic rings. The van der Waals surface area contributed by atoms with E-state index >= 15 is 0 Å². The van der Waals surface area contributed by atoms with E-state index in [0.29, 0.717) is 6.04 Å². The second-order valence-corrected chi connectivity index (χ2v) is 6.33. The largest absolute Gasteiger partial charge is 0.308 e. The maximum Gasteiger partial charge on any atom is 0.194 e. The van der Waals surface area contributed by atoms with E-state index in [1.807, 2.05) is 11.8 Å². The van der Waals surface area contributed by atoms with Crippen molar-refractivity contribution in [3.05, 3.63) is 22.5 Å². The Bertz CT molecular complexity index is 516. The molecule has 0 spiro atoms. The highest BCUT2D eigenvalue weighted by Gasteiger charge is 2.13. The van der Waals surface area contributed by atoms with Gasteiger partial charge in [-0.25, -0.2) is 4.98 Å². The minimum absolute atomic E-state index is 0.587. The van der Waals surface area contributed by atoms with E-state index in [1.54, 1.807) is 11.3 Å². The van der Waals surface area contributed by atoms with Gasteiger partial charge in [-0.2, -0.15) is 11.8 Å². The lowest BCUT2D eigenvalue weighted by molar-refractivity contribution is 0.533. The molecule has 0 fully saturated rings. The summed E-state index contributed by atoms with van der Waals surface area (Å²) in [5, 5.41) is 5.82. The Hall–Kier alpha value is -0.520. The molecule has 0 amide bonds. The van der Waals surface area contributed by atoms with Crippen LogP contribution in [0.3, 0.4) is 0 Å². The van der Waals surface area contributed by atoms with Crippen LogP contribution in [0.5, 0.6) is 0 Å². The van der Waals surface area contributed by atoms with Crippen LogP contribution in [0.25, 0.3) is 4.96 Å². The number of aryl methyl sites for hydroxylation is 2. The first-order valence-electron chi connectivity index (χ1n) is 6.31. The molecule has 2 rings (SSSR count). The summed E-state index contributed by atoms with van der Waals surface area (Å²) in [5.74, 6) is 1.17. The van der Waals surface area contributed by atoms with E-state index < -0.39 is 0 Å². The van der Waals surface area contributed by atoms with Gasteiger partial charge in [-0.15, -0.1) is 11.3 Å². The standard InChI is InChI=1S/C13H21N3S2/c1-5-11(8-17-4)14-6-12-10(3)15-13-16(12)9(2)7-18-13/h7,11,14H,5-6,8H2,1-4H3. The Labute approximate surface area is 117 Å². The molecule has 2 aromatic heterocycles. The number of thioether (sulfide) groups is 1. The third kappa shape index (κ3) is 2.73. The van der Waals surface area contributed by atoms with Gasteiger partial charge in [-0.3, -0.25) is 4.40 Å². The molecular formula is C13H21N3S2. The summed E-state index contributed by atoms with van der Waals surface area (Å²) in [4.78, 5) is 5.73. The zero-order chi connectivity index (χ0) is 13.1. The number of hydrogen-bond acceptors (Lipinski definition) is 4. The number of rotatable bonds is 6. The number of aromatic nitrogens is 2. The van der Waals surface area contributed by atoms with Crippen molar-refractivity contribution in [2.24, 2.45) is 0 Å². The molecule has 0 saturated carbocycles. The molecule has 0 radical (unpaired) electrons. The fourth-order valence-electron chi connectivity index (χ4n) is 2.14. The number of nitrogens with one attached hydrogen (secondary N) is 1. The quantitative estimate of drug-likeness (QED) is 0.882. The van der Waals surface area contributed by atoms with Crippen LogP contribution >= 0.6 is 23.1 Å². The monoisotopic (exact) mass is 283 g/mol. The lowest BCUT2D eigenvalue weighted by Crippen LogP contribution is -2.30. The van der Waals surface area contributed by atoms with Crippen LogP contribution in [-0.2, 0) is 6.54 Å². The zero-order valence-corrected chi connectivity index (χ0v) is 13.1. The molecular weight excluding hydrogens is 262 g/mol. The van der Waals surface area contributed by atoms with Crippen molar-refractivity contribution in [1.82, 2.24) is 14.7 Å². The molecule has 0 aliphatic heterocycles. The first kappa shape index (κ1) is 13.9. The van der Waals surface area contributed by atoms with Gasteiger partial charge in [0.05, 0.1) is 11.4 Å². The summed E-state index contributed by atoms with van der Waals surface area (Å²) in [5.41, 5.74) is 3.74. The lowest BCUT2D eigenvalue weighted by Gasteiger charge is -2.15. The number of imidazole rings is 1. The highest BCUT2D eigenvalue weighted by atomic mass is 32.2. The fourth-order valence-corrected chi connectivity index (χ4v) is 3.83. The number of nitrogens with zero attached hydrogens (tertiary/aromatic N) is 2. The Morgan fingerprint density at radius 2 is 2.28 bits per heavy atom. The second-order valence-electron chi connectivity index (χ2n) is 4.58. The third-order valence-electron chi connectivity index (χ3n) is 3.25.